The predicted octanol–water partition coefficient (Wildman–Crippen LogP) is 7.24. The van der Waals surface area contributed by atoms with Gasteiger partial charge in [0.1, 0.15) is 22.6 Å². The summed E-state index contributed by atoms with van der Waals surface area (Å²) < 4.78 is 18.7. The summed E-state index contributed by atoms with van der Waals surface area (Å²) in [6, 6.07) is 9.94. The Kier molecular flexibility index (Phi) is 8.42. The average molecular weight is 505 g/mol. The maximum absolute atomic E-state index is 13.4. The first-order valence-corrected chi connectivity index (χ1v) is 11.9. The second-order valence-corrected chi connectivity index (χ2v) is 9.95. The molecule has 2 atom stereocenters. The molecule has 2 aromatic carbocycles. The molecular weight excluding hydrogens is 478 g/mol. The summed E-state index contributed by atoms with van der Waals surface area (Å²) in [6.45, 7) is 3.99. The van der Waals surface area contributed by atoms with Crippen molar-refractivity contribution in [1.29, 1.82) is 0 Å². The van der Waals surface area contributed by atoms with Crippen LogP contribution >= 0.6 is 35.3 Å². The van der Waals surface area contributed by atoms with Crippen LogP contribution in [0.3, 0.4) is 0 Å². The Bertz CT molecular complexity index is 1180. The lowest BCUT2D eigenvalue weighted by atomic mass is 9.93. The Morgan fingerprint density at radius 3 is 2.55 bits per heavy atom. The van der Waals surface area contributed by atoms with Crippen molar-refractivity contribution in [2.75, 3.05) is 7.11 Å². The highest BCUT2D eigenvalue weighted by atomic mass is 35.5. The summed E-state index contributed by atoms with van der Waals surface area (Å²) in [7, 11) is 1.63. The molecule has 0 bridgehead atoms. The third kappa shape index (κ3) is 6.07. The van der Waals surface area contributed by atoms with Crippen LogP contribution < -0.4 is 10.5 Å². The second kappa shape index (κ2) is 10.9. The molecule has 1 unspecified atom stereocenters. The lowest BCUT2D eigenvalue weighted by molar-refractivity contribution is 0.412. The maximum Gasteiger partial charge on any atom is 0.123 e. The minimum atomic E-state index is -0.493. The summed E-state index contributed by atoms with van der Waals surface area (Å²) >= 11 is 8.05. The molecule has 1 aromatic heterocycles. The van der Waals surface area contributed by atoms with E-state index in [0.717, 1.165) is 44.4 Å². The Balaban J connectivity index is 0.00000306. The molecule has 0 saturated heterocycles. The van der Waals surface area contributed by atoms with Crippen molar-refractivity contribution in [1.82, 2.24) is 4.98 Å². The zero-order valence-electron chi connectivity index (χ0n) is 18.8. The number of rotatable bonds is 6. The number of aryl methyl sites for hydroxylation is 2. The van der Waals surface area contributed by atoms with Crippen molar-refractivity contribution in [3.63, 3.8) is 0 Å². The van der Waals surface area contributed by atoms with E-state index in [4.69, 9.17) is 27.1 Å². The van der Waals surface area contributed by atoms with Crippen molar-refractivity contribution in [2.45, 2.75) is 45.1 Å². The zero-order valence-corrected chi connectivity index (χ0v) is 21.2. The standard InChI is InChI=1S/C26H26ClFN2OS.ClH/c1-15-12-21(22(27)14-24(15)31-3)25-16(2)32-26(30-25)23(29)11-8-19(13-17-4-5-17)18-6-9-20(28)10-7-18;/h6-7,9-10,12,14,17,19,23H,4-5,13,29H2,1-3H3;1H/t19-,23?;/m0./s1. The van der Waals surface area contributed by atoms with Crippen LogP contribution in [-0.2, 0) is 0 Å². The number of aromatic nitrogens is 1. The molecule has 1 fully saturated rings. The number of thiazole rings is 1. The van der Waals surface area contributed by atoms with Gasteiger partial charge in [-0.05, 0) is 61.6 Å². The fourth-order valence-corrected chi connectivity index (χ4v) is 4.91. The van der Waals surface area contributed by atoms with Gasteiger partial charge in [0.2, 0.25) is 0 Å². The van der Waals surface area contributed by atoms with Crippen LogP contribution in [0.15, 0.2) is 36.4 Å². The van der Waals surface area contributed by atoms with E-state index in [1.165, 1.54) is 36.3 Å². The maximum atomic E-state index is 13.4. The smallest absolute Gasteiger partial charge is 0.123 e. The predicted molar refractivity (Wildman–Crippen MR) is 137 cm³/mol. The van der Waals surface area contributed by atoms with E-state index in [1.807, 2.05) is 38.1 Å². The van der Waals surface area contributed by atoms with Gasteiger partial charge in [-0.25, -0.2) is 9.37 Å². The molecule has 0 amide bonds. The number of nitrogens with two attached hydrogens (primary N) is 1. The highest BCUT2D eigenvalue weighted by molar-refractivity contribution is 7.12. The molecule has 174 valence electrons. The van der Waals surface area contributed by atoms with Crippen LogP contribution in [-0.4, -0.2) is 12.1 Å². The van der Waals surface area contributed by atoms with Crippen molar-refractivity contribution < 1.29 is 9.13 Å². The van der Waals surface area contributed by atoms with E-state index in [1.54, 1.807) is 7.11 Å². The number of hydrogen-bond donors (Lipinski definition) is 1. The van der Waals surface area contributed by atoms with E-state index in [2.05, 4.69) is 11.8 Å². The third-order valence-corrected chi connectivity index (χ3v) is 7.14. The fraction of sp³-hybridized carbons (Fsp3) is 0.346. The molecule has 4 rings (SSSR count). The van der Waals surface area contributed by atoms with E-state index in [9.17, 15) is 4.39 Å². The van der Waals surface area contributed by atoms with Crippen LogP contribution in [0.25, 0.3) is 11.3 Å². The van der Waals surface area contributed by atoms with E-state index in [-0.39, 0.29) is 24.1 Å². The molecule has 2 N–H and O–H groups in total. The summed E-state index contributed by atoms with van der Waals surface area (Å²) in [4.78, 5) is 5.83. The van der Waals surface area contributed by atoms with Crippen LogP contribution in [0.5, 0.6) is 5.75 Å². The minimum absolute atomic E-state index is 0. The monoisotopic (exact) mass is 504 g/mol. The molecule has 1 heterocycles. The number of ether oxygens (including phenoxy) is 1. The molecule has 3 nitrogen and oxygen atoms in total. The fourth-order valence-electron chi connectivity index (χ4n) is 3.78. The molecule has 1 aliphatic rings. The van der Waals surface area contributed by atoms with Crippen LogP contribution in [0.2, 0.25) is 5.02 Å². The lowest BCUT2D eigenvalue weighted by Gasteiger charge is -2.11. The average Bonchev–Trinajstić information content (AvgIpc) is 3.52. The Hall–Kier alpha value is -2.10. The van der Waals surface area contributed by atoms with Gasteiger partial charge in [-0.2, -0.15) is 0 Å². The van der Waals surface area contributed by atoms with Gasteiger partial charge in [0.15, 0.2) is 0 Å². The van der Waals surface area contributed by atoms with Crippen LogP contribution in [0, 0.1) is 37.4 Å². The molecule has 3 aromatic rings. The van der Waals surface area contributed by atoms with E-state index < -0.39 is 6.04 Å². The minimum Gasteiger partial charge on any atom is -0.496 e. The molecule has 7 heteroatoms. The lowest BCUT2D eigenvalue weighted by Crippen LogP contribution is -2.08. The molecule has 33 heavy (non-hydrogen) atoms. The number of benzene rings is 2. The summed E-state index contributed by atoms with van der Waals surface area (Å²) in [5.74, 6) is 7.83. The number of hydrogen-bond acceptors (Lipinski definition) is 4. The number of methoxy groups -OCH3 is 1. The van der Waals surface area contributed by atoms with Crippen LogP contribution in [0.1, 0.15) is 52.2 Å². The van der Waals surface area contributed by atoms with Crippen molar-refractivity contribution in [3.8, 4) is 28.8 Å². The van der Waals surface area contributed by atoms with Gasteiger partial charge in [-0.1, -0.05) is 48.4 Å². The van der Waals surface area contributed by atoms with E-state index >= 15 is 0 Å². The quantitative estimate of drug-likeness (QED) is 0.360. The van der Waals surface area contributed by atoms with Gasteiger partial charge in [0.05, 0.1) is 17.8 Å². The summed E-state index contributed by atoms with van der Waals surface area (Å²) in [5.41, 5.74) is 10.1. The summed E-state index contributed by atoms with van der Waals surface area (Å²) in [5, 5.41) is 1.35. The Morgan fingerprint density at radius 2 is 1.91 bits per heavy atom. The van der Waals surface area contributed by atoms with Gasteiger partial charge in [0.25, 0.3) is 0 Å². The van der Waals surface area contributed by atoms with E-state index in [0.29, 0.717) is 10.9 Å². The SMILES string of the molecule is COc1cc(Cl)c(-c2nc(C(N)C#C[C@@H](CC3CC3)c3ccc(F)cc3)sc2C)cc1C.Cl. The highest BCUT2D eigenvalue weighted by Gasteiger charge is 2.26. The van der Waals surface area contributed by atoms with Gasteiger partial charge in [0, 0.05) is 16.4 Å². The third-order valence-electron chi connectivity index (χ3n) is 5.77. The van der Waals surface area contributed by atoms with Crippen molar-refractivity contribution in [3.05, 3.63) is 68.2 Å². The molecule has 0 radical (unpaired) electrons. The first-order chi connectivity index (χ1) is 15.4. The van der Waals surface area contributed by atoms with Crippen LogP contribution in [0.4, 0.5) is 4.39 Å². The number of nitrogens with zero attached hydrogens (tertiary/aromatic N) is 1. The normalized spacial score (nSPS) is 14.6. The molecule has 0 aliphatic heterocycles. The first-order valence-electron chi connectivity index (χ1n) is 10.7. The summed E-state index contributed by atoms with van der Waals surface area (Å²) in [6.07, 6.45) is 3.46. The van der Waals surface area contributed by atoms with Gasteiger partial charge >= 0.3 is 0 Å². The molecular formula is C26H27Cl2FN2OS. The van der Waals surface area contributed by atoms with Gasteiger partial charge in [-0.3, -0.25) is 0 Å². The number of halogens is 3. The largest absolute Gasteiger partial charge is 0.496 e. The van der Waals surface area contributed by atoms with Gasteiger partial charge < -0.3 is 10.5 Å². The molecule has 1 aliphatic carbocycles. The molecule has 0 spiro atoms. The zero-order chi connectivity index (χ0) is 22.8. The molecule has 1 saturated carbocycles. The second-order valence-electron chi connectivity index (χ2n) is 8.31. The topological polar surface area (TPSA) is 48.1 Å². The van der Waals surface area contributed by atoms with Crippen molar-refractivity contribution in [2.24, 2.45) is 11.7 Å². The van der Waals surface area contributed by atoms with Gasteiger partial charge in [-0.15, -0.1) is 23.7 Å². The Morgan fingerprint density at radius 1 is 1.21 bits per heavy atom. The Labute approximate surface area is 209 Å². The highest BCUT2D eigenvalue weighted by Crippen LogP contribution is 2.39. The first kappa shape index (κ1) is 25.5. The van der Waals surface area contributed by atoms with Crippen molar-refractivity contribution >= 4 is 35.3 Å².